The number of hydrogen-bond acceptors (Lipinski definition) is 6. The maximum Gasteiger partial charge on any atom is 0.471 e. The molecule has 1 atom stereocenters. The molecule has 1 aliphatic rings. The first kappa shape index (κ1) is 16.2. The van der Waals surface area contributed by atoms with Gasteiger partial charge in [0, 0.05) is 6.42 Å². The molecule has 126 valence electrons. The van der Waals surface area contributed by atoms with Gasteiger partial charge >= 0.3 is 18.1 Å². The molecule has 0 aromatic carbocycles. The molecule has 10 heteroatoms. The number of furan rings is 1. The fourth-order valence-corrected chi connectivity index (χ4v) is 3.16. The molecular weight excluding hydrogens is 349 g/mol. The van der Waals surface area contributed by atoms with Crippen molar-refractivity contribution in [3.05, 3.63) is 46.0 Å². The Morgan fingerprint density at radius 1 is 1.38 bits per heavy atom. The summed E-state index contributed by atoms with van der Waals surface area (Å²) in [6.45, 7) is 0. The zero-order valence-electron chi connectivity index (χ0n) is 11.8. The minimum absolute atomic E-state index is 0.00470. The van der Waals surface area contributed by atoms with E-state index in [0.717, 1.165) is 0 Å². The van der Waals surface area contributed by atoms with E-state index in [4.69, 9.17) is 9.25 Å². The Morgan fingerprint density at radius 2 is 2.17 bits per heavy atom. The van der Waals surface area contributed by atoms with E-state index >= 15 is 0 Å². The lowest BCUT2D eigenvalue weighted by molar-refractivity contribution is -0.174. The third-order valence-electron chi connectivity index (χ3n) is 3.25. The number of halogens is 3. The van der Waals surface area contributed by atoms with E-state index in [9.17, 15) is 22.8 Å². The SMILES string of the molecule is O=C(O/N=C1/CC(NC(=O)C(F)(F)F)c2ccsc21)c1ccco1. The van der Waals surface area contributed by atoms with Crippen LogP contribution in [0.15, 0.2) is 39.4 Å². The van der Waals surface area contributed by atoms with Crippen molar-refractivity contribution in [2.24, 2.45) is 5.16 Å². The Labute approximate surface area is 136 Å². The van der Waals surface area contributed by atoms with E-state index in [0.29, 0.717) is 10.4 Å². The Balaban J connectivity index is 1.74. The summed E-state index contributed by atoms with van der Waals surface area (Å²) in [6, 6.07) is 3.61. The van der Waals surface area contributed by atoms with Crippen molar-refractivity contribution in [1.29, 1.82) is 0 Å². The number of fused-ring (bicyclic) bond motifs is 1. The first-order valence-corrected chi connectivity index (χ1v) is 7.51. The molecule has 3 rings (SSSR count). The van der Waals surface area contributed by atoms with Crippen LogP contribution in [0.2, 0.25) is 0 Å². The first-order valence-electron chi connectivity index (χ1n) is 6.63. The van der Waals surface area contributed by atoms with Gasteiger partial charge in [0.1, 0.15) is 5.71 Å². The van der Waals surface area contributed by atoms with Gasteiger partial charge in [-0.1, -0.05) is 5.16 Å². The van der Waals surface area contributed by atoms with Crippen molar-refractivity contribution >= 4 is 28.9 Å². The Hall–Kier alpha value is -2.62. The highest BCUT2D eigenvalue weighted by atomic mass is 32.1. The standard InChI is InChI=1S/C14H9F3N2O4S/c15-14(16,17)13(21)18-8-6-9(11-7(8)3-5-24-11)19-23-12(20)10-2-1-4-22-10/h1-5,8H,6H2,(H,18,21)/b19-9-. The molecule has 2 aromatic rings. The predicted octanol–water partition coefficient (Wildman–Crippen LogP) is 3.03. The molecule has 24 heavy (non-hydrogen) atoms. The number of rotatable bonds is 3. The molecule has 1 aliphatic carbocycles. The minimum Gasteiger partial charge on any atom is -0.457 e. The molecule has 0 radical (unpaired) electrons. The lowest BCUT2D eigenvalue weighted by atomic mass is 10.2. The van der Waals surface area contributed by atoms with Gasteiger partial charge in [0.05, 0.1) is 17.2 Å². The van der Waals surface area contributed by atoms with Crippen LogP contribution in [0.5, 0.6) is 0 Å². The molecule has 0 fully saturated rings. The van der Waals surface area contributed by atoms with Gasteiger partial charge in [0.25, 0.3) is 0 Å². The summed E-state index contributed by atoms with van der Waals surface area (Å²) in [7, 11) is 0. The normalized spacial score (nSPS) is 18.5. The van der Waals surface area contributed by atoms with Crippen LogP contribution in [0.1, 0.15) is 33.5 Å². The zero-order valence-corrected chi connectivity index (χ0v) is 12.6. The Bertz CT molecular complexity index is 795. The van der Waals surface area contributed by atoms with Crippen molar-refractivity contribution in [1.82, 2.24) is 5.32 Å². The monoisotopic (exact) mass is 358 g/mol. The fourth-order valence-electron chi connectivity index (χ4n) is 2.21. The average molecular weight is 358 g/mol. The summed E-state index contributed by atoms with van der Waals surface area (Å²) in [6.07, 6.45) is -3.68. The Kier molecular flexibility index (Phi) is 4.14. The van der Waals surface area contributed by atoms with E-state index < -0.39 is 24.1 Å². The van der Waals surface area contributed by atoms with Crippen molar-refractivity contribution in [3.8, 4) is 0 Å². The van der Waals surface area contributed by atoms with E-state index in [1.807, 2.05) is 5.32 Å². The summed E-state index contributed by atoms with van der Waals surface area (Å²) in [5.74, 6) is -2.91. The molecule has 0 saturated carbocycles. The highest BCUT2D eigenvalue weighted by Gasteiger charge is 2.42. The van der Waals surface area contributed by atoms with Crippen LogP contribution in [0.4, 0.5) is 13.2 Å². The molecule has 0 saturated heterocycles. The Morgan fingerprint density at radius 3 is 2.83 bits per heavy atom. The highest BCUT2D eigenvalue weighted by molar-refractivity contribution is 7.12. The molecule has 6 nitrogen and oxygen atoms in total. The second-order valence-electron chi connectivity index (χ2n) is 4.83. The quantitative estimate of drug-likeness (QED) is 0.676. The number of nitrogens with one attached hydrogen (secondary N) is 1. The van der Waals surface area contributed by atoms with Crippen LogP contribution in [0, 0.1) is 0 Å². The molecule has 1 amide bonds. The van der Waals surface area contributed by atoms with Crippen LogP contribution < -0.4 is 5.32 Å². The molecule has 1 N–H and O–H groups in total. The molecule has 0 bridgehead atoms. The van der Waals surface area contributed by atoms with Crippen LogP contribution >= 0.6 is 11.3 Å². The highest BCUT2D eigenvalue weighted by Crippen LogP contribution is 2.36. The van der Waals surface area contributed by atoms with Gasteiger partial charge in [-0.3, -0.25) is 4.79 Å². The number of oxime groups is 1. The third kappa shape index (κ3) is 3.18. The van der Waals surface area contributed by atoms with Crippen LogP contribution in [0.3, 0.4) is 0 Å². The summed E-state index contributed by atoms with van der Waals surface area (Å²) >= 11 is 1.23. The molecule has 2 aromatic heterocycles. The smallest absolute Gasteiger partial charge is 0.457 e. The number of thiophene rings is 1. The van der Waals surface area contributed by atoms with Crippen LogP contribution in [-0.2, 0) is 9.63 Å². The maximum absolute atomic E-state index is 12.4. The number of nitrogens with zero attached hydrogens (tertiary/aromatic N) is 1. The maximum atomic E-state index is 12.4. The van der Waals surface area contributed by atoms with Crippen molar-refractivity contribution in [2.45, 2.75) is 18.6 Å². The first-order chi connectivity index (χ1) is 11.4. The van der Waals surface area contributed by atoms with Crippen molar-refractivity contribution in [3.63, 3.8) is 0 Å². The third-order valence-corrected chi connectivity index (χ3v) is 4.23. The van der Waals surface area contributed by atoms with Crippen molar-refractivity contribution in [2.75, 3.05) is 0 Å². The van der Waals surface area contributed by atoms with Gasteiger partial charge in [-0.25, -0.2) is 4.79 Å². The topological polar surface area (TPSA) is 80.9 Å². The lowest BCUT2D eigenvalue weighted by Crippen LogP contribution is -2.38. The molecule has 1 unspecified atom stereocenters. The van der Waals surface area contributed by atoms with Gasteiger partial charge < -0.3 is 14.6 Å². The number of carbonyl (C=O) groups is 2. The van der Waals surface area contributed by atoms with Gasteiger partial charge in [0.2, 0.25) is 5.76 Å². The number of carbonyl (C=O) groups excluding carboxylic acids is 2. The van der Waals surface area contributed by atoms with E-state index in [1.165, 1.54) is 29.7 Å². The predicted molar refractivity (Wildman–Crippen MR) is 76.5 cm³/mol. The molecule has 2 heterocycles. The summed E-state index contributed by atoms with van der Waals surface area (Å²) < 4.78 is 42.0. The largest absolute Gasteiger partial charge is 0.471 e. The average Bonchev–Trinajstić information content (AvgIpc) is 3.23. The summed E-state index contributed by atoms with van der Waals surface area (Å²) in [5, 5.41) is 7.26. The summed E-state index contributed by atoms with van der Waals surface area (Å²) in [4.78, 5) is 28.1. The molecule has 0 aliphatic heterocycles. The number of alkyl halides is 3. The summed E-state index contributed by atoms with van der Waals surface area (Å²) in [5.41, 5.74) is 0.790. The number of hydrogen-bond donors (Lipinski definition) is 1. The van der Waals surface area contributed by atoms with Gasteiger partial charge in [-0.05, 0) is 29.1 Å². The van der Waals surface area contributed by atoms with Crippen LogP contribution in [0.25, 0.3) is 0 Å². The fraction of sp³-hybridized carbons (Fsp3) is 0.214. The van der Waals surface area contributed by atoms with E-state index in [1.54, 1.807) is 11.4 Å². The van der Waals surface area contributed by atoms with Gasteiger partial charge in [-0.15, -0.1) is 11.3 Å². The van der Waals surface area contributed by atoms with Crippen LogP contribution in [-0.4, -0.2) is 23.8 Å². The second-order valence-corrected chi connectivity index (χ2v) is 5.74. The van der Waals surface area contributed by atoms with Gasteiger partial charge in [0.15, 0.2) is 0 Å². The molecular formula is C14H9F3N2O4S. The lowest BCUT2D eigenvalue weighted by Gasteiger charge is -2.13. The van der Waals surface area contributed by atoms with Crippen molar-refractivity contribution < 1.29 is 32.0 Å². The second kappa shape index (κ2) is 6.11. The molecule has 0 spiro atoms. The van der Waals surface area contributed by atoms with Gasteiger partial charge in [-0.2, -0.15) is 13.2 Å². The van der Waals surface area contributed by atoms with E-state index in [-0.39, 0.29) is 17.9 Å². The minimum atomic E-state index is -4.97. The van der Waals surface area contributed by atoms with E-state index in [2.05, 4.69) is 5.16 Å². The zero-order chi connectivity index (χ0) is 17.3. The number of amides is 1.